The van der Waals surface area contributed by atoms with Gasteiger partial charge in [0.2, 0.25) is 5.91 Å². The average Bonchev–Trinajstić information content (AvgIpc) is 2.50. The predicted molar refractivity (Wildman–Crippen MR) is 81.2 cm³/mol. The molecule has 0 spiro atoms. The third-order valence-electron chi connectivity index (χ3n) is 3.03. The smallest absolute Gasteiger partial charge is 0.269 e. The van der Waals surface area contributed by atoms with Gasteiger partial charge in [-0.1, -0.05) is 24.3 Å². The summed E-state index contributed by atoms with van der Waals surface area (Å²) >= 11 is 0. The molecule has 0 saturated carbocycles. The van der Waals surface area contributed by atoms with Crippen LogP contribution < -0.4 is 5.32 Å². The highest BCUT2D eigenvalue weighted by atomic mass is 16.6. The first-order chi connectivity index (χ1) is 10.6. The number of anilines is 1. The fraction of sp³-hybridized carbons (Fsp3) is 0.125. The maximum atomic E-state index is 11.9. The van der Waals surface area contributed by atoms with Gasteiger partial charge < -0.3 is 5.32 Å². The zero-order valence-corrected chi connectivity index (χ0v) is 11.7. The van der Waals surface area contributed by atoms with Crippen molar-refractivity contribution in [2.45, 2.75) is 12.8 Å². The van der Waals surface area contributed by atoms with Crippen LogP contribution in [-0.4, -0.2) is 10.8 Å². The van der Waals surface area contributed by atoms with Gasteiger partial charge in [-0.15, -0.1) is 0 Å². The van der Waals surface area contributed by atoms with Crippen molar-refractivity contribution in [1.82, 2.24) is 0 Å². The first-order valence-corrected chi connectivity index (χ1v) is 6.57. The lowest BCUT2D eigenvalue weighted by atomic mass is 10.1. The number of hydrogen-bond donors (Lipinski definition) is 1. The Kier molecular flexibility index (Phi) is 4.83. The van der Waals surface area contributed by atoms with E-state index >= 15 is 0 Å². The second-order valence-corrected chi connectivity index (χ2v) is 4.68. The van der Waals surface area contributed by atoms with Gasteiger partial charge in [-0.25, -0.2) is 0 Å². The number of amides is 1. The molecule has 110 valence electrons. The molecule has 0 bridgehead atoms. The molecule has 0 atom stereocenters. The van der Waals surface area contributed by atoms with Crippen LogP contribution in [0.5, 0.6) is 0 Å². The lowest BCUT2D eigenvalue weighted by molar-refractivity contribution is -0.384. The van der Waals surface area contributed by atoms with Crippen LogP contribution in [0, 0.1) is 21.4 Å². The maximum absolute atomic E-state index is 11.9. The van der Waals surface area contributed by atoms with Crippen LogP contribution in [0.15, 0.2) is 48.5 Å². The van der Waals surface area contributed by atoms with E-state index in [4.69, 9.17) is 5.26 Å². The molecule has 2 aromatic carbocycles. The standard InChI is InChI=1S/C16H13N3O3/c17-10-9-12-1-5-14(6-2-12)18-16(20)11-13-3-7-15(8-4-13)19(21)22/h1-8H,9,11H2,(H,18,20). The van der Waals surface area contributed by atoms with Gasteiger partial charge in [0, 0.05) is 17.8 Å². The molecule has 6 nitrogen and oxygen atoms in total. The monoisotopic (exact) mass is 295 g/mol. The maximum Gasteiger partial charge on any atom is 0.269 e. The van der Waals surface area contributed by atoms with E-state index in [1.54, 1.807) is 36.4 Å². The number of hydrogen-bond acceptors (Lipinski definition) is 4. The molecule has 0 aliphatic rings. The van der Waals surface area contributed by atoms with Crippen molar-refractivity contribution in [1.29, 1.82) is 5.26 Å². The largest absolute Gasteiger partial charge is 0.326 e. The molecule has 0 aromatic heterocycles. The summed E-state index contributed by atoms with van der Waals surface area (Å²) in [4.78, 5) is 22.0. The fourth-order valence-corrected chi connectivity index (χ4v) is 1.92. The van der Waals surface area contributed by atoms with Crippen molar-refractivity contribution < 1.29 is 9.72 Å². The summed E-state index contributed by atoms with van der Waals surface area (Å²) in [5, 5.41) is 21.9. The summed E-state index contributed by atoms with van der Waals surface area (Å²) in [7, 11) is 0. The van der Waals surface area contributed by atoms with Gasteiger partial charge in [-0.3, -0.25) is 14.9 Å². The molecule has 0 fully saturated rings. The summed E-state index contributed by atoms with van der Waals surface area (Å²) in [6.07, 6.45) is 0.467. The number of benzene rings is 2. The zero-order chi connectivity index (χ0) is 15.9. The van der Waals surface area contributed by atoms with E-state index < -0.39 is 4.92 Å². The van der Waals surface area contributed by atoms with Gasteiger partial charge in [0.1, 0.15) is 0 Å². The molecule has 0 saturated heterocycles. The van der Waals surface area contributed by atoms with Gasteiger partial charge in [0.25, 0.3) is 5.69 Å². The Labute approximate surface area is 127 Å². The second kappa shape index (κ2) is 6.99. The normalized spacial score (nSPS) is 9.77. The Bertz CT molecular complexity index is 716. The minimum absolute atomic E-state index is 0.00256. The highest BCUT2D eigenvalue weighted by Gasteiger charge is 2.07. The number of nitrogens with one attached hydrogen (secondary N) is 1. The Morgan fingerprint density at radius 2 is 1.68 bits per heavy atom. The van der Waals surface area contributed by atoms with Crippen LogP contribution >= 0.6 is 0 Å². The average molecular weight is 295 g/mol. The minimum Gasteiger partial charge on any atom is -0.326 e. The molecule has 2 aromatic rings. The van der Waals surface area contributed by atoms with Gasteiger partial charge in [-0.2, -0.15) is 5.26 Å². The van der Waals surface area contributed by atoms with Crippen molar-refractivity contribution in [3.63, 3.8) is 0 Å². The Balaban J connectivity index is 1.95. The van der Waals surface area contributed by atoms with Crippen LogP contribution in [0.2, 0.25) is 0 Å². The van der Waals surface area contributed by atoms with E-state index in [2.05, 4.69) is 11.4 Å². The Morgan fingerprint density at radius 3 is 2.23 bits per heavy atom. The van der Waals surface area contributed by atoms with Gasteiger partial charge in [0.05, 0.1) is 23.8 Å². The fourth-order valence-electron chi connectivity index (χ4n) is 1.92. The number of nitro groups is 1. The van der Waals surface area contributed by atoms with Crippen molar-refractivity contribution >= 4 is 17.3 Å². The third-order valence-corrected chi connectivity index (χ3v) is 3.03. The van der Waals surface area contributed by atoms with Crippen LogP contribution in [-0.2, 0) is 17.6 Å². The van der Waals surface area contributed by atoms with E-state index in [1.165, 1.54) is 12.1 Å². The number of carbonyl (C=O) groups is 1. The predicted octanol–water partition coefficient (Wildman–Crippen LogP) is 2.84. The second-order valence-electron chi connectivity index (χ2n) is 4.68. The van der Waals surface area contributed by atoms with E-state index in [9.17, 15) is 14.9 Å². The quantitative estimate of drug-likeness (QED) is 0.677. The first-order valence-electron chi connectivity index (χ1n) is 6.57. The highest BCUT2D eigenvalue weighted by Crippen LogP contribution is 2.14. The van der Waals surface area contributed by atoms with E-state index in [1.807, 2.05) is 0 Å². The van der Waals surface area contributed by atoms with Crippen molar-refractivity contribution in [2.75, 3.05) is 5.32 Å². The molecule has 2 rings (SSSR count). The molecular weight excluding hydrogens is 282 g/mol. The number of rotatable bonds is 5. The molecule has 0 aliphatic carbocycles. The van der Waals surface area contributed by atoms with Crippen LogP contribution in [0.1, 0.15) is 11.1 Å². The number of nitro benzene ring substituents is 1. The molecule has 0 radical (unpaired) electrons. The molecule has 0 unspecified atom stereocenters. The van der Waals surface area contributed by atoms with Crippen LogP contribution in [0.25, 0.3) is 0 Å². The number of non-ortho nitro benzene ring substituents is 1. The summed E-state index contributed by atoms with van der Waals surface area (Å²) in [6.45, 7) is 0. The summed E-state index contributed by atoms with van der Waals surface area (Å²) < 4.78 is 0. The summed E-state index contributed by atoms with van der Waals surface area (Å²) in [6, 6.07) is 15.0. The molecule has 0 aliphatic heterocycles. The van der Waals surface area contributed by atoms with Crippen LogP contribution in [0.4, 0.5) is 11.4 Å². The molecule has 0 heterocycles. The van der Waals surface area contributed by atoms with Gasteiger partial charge in [-0.05, 0) is 23.3 Å². The molecule has 1 amide bonds. The lowest BCUT2D eigenvalue weighted by Gasteiger charge is -2.06. The van der Waals surface area contributed by atoms with Crippen molar-refractivity contribution in [3.8, 4) is 6.07 Å². The van der Waals surface area contributed by atoms with Crippen LogP contribution in [0.3, 0.4) is 0 Å². The van der Waals surface area contributed by atoms with E-state index in [-0.39, 0.29) is 18.0 Å². The van der Waals surface area contributed by atoms with Gasteiger partial charge in [0.15, 0.2) is 0 Å². The molecule has 6 heteroatoms. The van der Waals surface area contributed by atoms with Crippen molar-refractivity contribution in [3.05, 3.63) is 69.8 Å². The van der Waals surface area contributed by atoms with E-state index in [0.29, 0.717) is 17.7 Å². The van der Waals surface area contributed by atoms with E-state index in [0.717, 1.165) is 5.56 Å². The lowest BCUT2D eigenvalue weighted by Crippen LogP contribution is -2.14. The Morgan fingerprint density at radius 1 is 1.09 bits per heavy atom. The highest BCUT2D eigenvalue weighted by molar-refractivity contribution is 5.92. The summed E-state index contributed by atoms with van der Waals surface area (Å²) in [5.41, 5.74) is 2.23. The van der Waals surface area contributed by atoms with Gasteiger partial charge >= 0.3 is 0 Å². The minimum atomic E-state index is -0.480. The number of carbonyl (C=O) groups excluding carboxylic acids is 1. The third kappa shape index (κ3) is 4.15. The summed E-state index contributed by atoms with van der Waals surface area (Å²) in [5.74, 6) is -0.207. The first kappa shape index (κ1) is 15.2. The molecule has 1 N–H and O–H groups in total. The topological polar surface area (TPSA) is 96.0 Å². The SMILES string of the molecule is N#CCc1ccc(NC(=O)Cc2ccc([N+](=O)[O-])cc2)cc1. The molecular formula is C16H13N3O3. The number of nitriles is 1. The number of nitrogens with zero attached hydrogens (tertiary/aromatic N) is 2. The van der Waals surface area contributed by atoms with Crippen molar-refractivity contribution in [2.24, 2.45) is 0 Å². The molecule has 22 heavy (non-hydrogen) atoms. The Hall–Kier alpha value is -3.20. The zero-order valence-electron chi connectivity index (χ0n) is 11.7.